The van der Waals surface area contributed by atoms with E-state index in [2.05, 4.69) is 32.0 Å². The number of imidazole rings is 1. The number of aryl methyl sites for hydroxylation is 1. The van der Waals surface area contributed by atoms with Crippen LogP contribution in [-0.2, 0) is 23.1 Å². The second kappa shape index (κ2) is 7.58. The third-order valence-corrected chi connectivity index (χ3v) is 7.68. The summed E-state index contributed by atoms with van der Waals surface area (Å²) < 4.78 is 72.0. The van der Waals surface area contributed by atoms with Crippen LogP contribution in [0, 0.1) is 5.92 Å². The zero-order valence-corrected chi connectivity index (χ0v) is 19.1. The lowest BCUT2D eigenvalue weighted by Gasteiger charge is -2.10. The van der Waals surface area contributed by atoms with Crippen molar-refractivity contribution < 1.29 is 26.1 Å². The highest BCUT2D eigenvalue weighted by Crippen LogP contribution is 2.46. The molecule has 4 aromatic rings. The Labute approximate surface area is 192 Å². The molecule has 2 atom stereocenters. The number of alkyl halides is 3. The standard InChI is InChI=1S/C21H19F3N6O3S/c1-4-34(31,32)15-6-11(17-28-20(33-29-17)13-5-10(13)2)8-25-16(15)19-27-14-7-12(21(22,23)24)9-26-18(14)30(19)3/h6-10,13H,4-5H2,1-3H3. The van der Waals surface area contributed by atoms with Crippen molar-refractivity contribution in [3.05, 3.63) is 36.0 Å². The molecule has 0 saturated heterocycles. The quantitative estimate of drug-likeness (QED) is 0.410. The molecule has 0 bridgehead atoms. The van der Waals surface area contributed by atoms with Crippen LogP contribution in [0.25, 0.3) is 34.1 Å². The number of hydrogen-bond acceptors (Lipinski definition) is 8. The van der Waals surface area contributed by atoms with Gasteiger partial charge in [0, 0.05) is 30.9 Å². The summed E-state index contributed by atoms with van der Waals surface area (Å²) in [7, 11) is -2.27. The van der Waals surface area contributed by atoms with Crippen molar-refractivity contribution in [1.29, 1.82) is 0 Å². The minimum absolute atomic E-state index is 0.000748. The first-order chi connectivity index (χ1) is 16.0. The van der Waals surface area contributed by atoms with Gasteiger partial charge in [0.2, 0.25) is 11.7 Å². The third kappa shape index (κ3) is 3.73. The number of rotatable bonds is 5. The predicted octanol–water partition coefficient (Wildman–Crippen LogP) is 4.02. The summed E-state index contributed by atoms with van der Waals surface area (Å²) in [5, 5.41) is 3.96. The SMILES string of the molecule is CCS(=O)(=O)c1cc(-c2noc(C3CC3C)n2)cnc1-c1nc2cc(C(F)(F)F)cnc2n1C. The molecule has 0 radical (unpaired) electrons. The Morgan fingerprint density at radius 3 is 2.56 bits per heavy atom. The van der Waals surface area contributed by atoms with Gasteiger partial charge in [-0.3, -0.25) is 4.98 Å². The molecular weight excluding hydrogens is 473 g/mol. The Bertz CT molecular complexity index is 1530. The zero-order valence-electron chi connectivity index (χ0n) is 18.3. The molecule has 1 saturated carbocycles. The number of fused-ring (bicyclic) bond motifs is 1. The summed E-state index contributed by atoms with van der Waals surface area (Å²) in [6.45, 7) is 3.55. The molecule has 1 fully saturated rings. The molecule has 0 aliphatic heterocycles. The topological polar surface area (TPSA) is 117 Å². The van der Waals surface area contributed by atoms with Gasteiger partial charge in [-0.1, -0.05) is 19.0 Å². The normalized spacial score (nSPS) is 18.5. The molecule has 0 spiro atoms. The zero-order chi connectivity index (χ0) is 24.4. The molecule has 1 aliphatic rings. The molecular formula is C21H19F3N6O3S. The van der Waals surface area contributed by atoms with E-state index >= 15 is 0 Å². The van der Waals surface area contributed by atoms with Gasteiger partial charge in [0.05, 0.1) is 16.2 Å². The molecule has 0 aromatic carbocycles. The van der Waals surface area contributed by atoms with Gasteiger partial charge in [-0.15, -0.1) is 0 Å². The molecule has 4 heterocycles. The summed E-state index contributed by atoms with van der Waals surface area (Å²) in [6, 6.07) is 2.26. The lowest BCUT2D eigenvalue weighted by molar-refractivity contribution is -0.137. The van der Waals surface area contributed by atoms with E-state index in [9.17, 15) is 21.6 Å². The molecule has 9 nitrogen and oxygen atoms in total. The van der Waals surface area contributed by atoms with Crippen LogP contribution in [0.2, 0.25) is 0 Å². The van der Waals surface area contributed by atoms with Crippen molar-refractivity contribution in [1.82, 2.24) is 29.7 Å². The first kappa shape index (κ1) is 22.4. The van der Waals surface area contributed by atoms with Gasteiger partial charge in [-0.25, -0.2) is 18.4 Å². The van der Waals surface area contributed by atoms with Crippen molar-refractivity contribution in [2.24, 2.45) is 13.0 Å². The van der Waals surface area contributed by atoms with Crippen LogP contribution in [0.1, 0.15) is 37.6 Å². The molecule has 5 rings (SSSR count). The van der Waals surface area contributed by atoms with Crippen molar-refractivity contribution in [3.63, 3.8) is 0 Å². The number of nitrogens with zero attached hydrogens (tertiary/aromatic N) is 6. The largest absolute Gasteiger partial charge is 0.417 e. The number of pyridine rings is 2. The molecule has 4 aromatic heterocycles. The maximum absolute atomic E-state index is 13.1. The van der Waals surface area contributed by atoms with E-state index in [4.69, 9.17) is 4.52 Å². The van der Waals surface area contributed by atoms with Gasteiger partial charge >= 0.3 is 6.18 Å². The maximum Gasteiger partial charge on any atom is 0.417 e. The van der Waals surface area contributed by atoms with Gasteiger partial charge in [0.15, 0.2) is 21.3 Å². The average Bonchev–Trinajstić information content (AvgIpc) is 3.20. The van der Waals surface area contributed by atoms with E-state index in [-0.39, 0.29) is 45.1 Å². The van der Waals surface area contributed by atoms with Gasteiger partial charge in [-0.05, 0) is 24.5 Å². The van der Waals surface area contributed by atoms with Crippen LogP contribution in [0.4, 0.5) is 13.2 Å². The summed E-state index contributed by atoms with van der Waals surface area (Å²) in [6.07, 6.45) is -1.53. The first-order valence-corrected chi connectivity index (χ1v) is 12.1. The minimum Gasteiger partial charge on any atom is -0.339 e. The van der Waals surface area contributed by atoms with Crippen LogP contribution in [0.15, 0.2) is 33.9 Å². The summed E-state index contributed by atoms with van der Waals surface area (Å²) in [4.78, 5) is 16.7. The fourth-order valence-corrected chi connectivity index (χ4v) is 4.80. The fraction of sp³-hybridized carbons (Fsp3) is 0.381. The van der Waals surface area contributed by atoms with E-state index in [1.54, 1.807) is 0 Å². The molecule has 2 unspecified atom stereocenters. The number of sulfone groups is 1. The predicted molar refractivity (Wildman–Crippen MR) is 114 cm³/mol. The van der Waals surface area contributed by atoms with Gasteiger partial charge in [0.25, 0.3) is 0 Å². The van der Waals surface area contributed by atoms with E-state index in [1.807, 2.05) is 0 Å². The summed E-state index contributed by atoms with van der Waals surface area (Å²) >= 11 is 0. The second-order valence-corrected chi connectivity index (χ2v) is 10.6. The number of halogens is 3. The van der Waals surface area contributed by atoms with E-state index in [0.29, 0.717) is 23.6 Å². The summed E-state index contributed by atoms with van der Waals surface area (Å²) in [5.74, 6) is 1.20. The molecule has 1 aliphatic carbocycles. The van der Waals surface area contributed by atoms with E-state index < -0.39 is 21.6 Å². The highest BCUT2D eigenvalue weighted by Gasteiger charge is 2.39. The lowest BCUT2D eigenvalue weighted by Crippen LogP contribution is -2.09. The van der Waals surface area contributed by atoms with Crippen LogP contribution >= 0.6 is 0 Å². The van der Waals surface area contributed by atoms with Crippen LogP contribution in [0.3, 0.4) is 0 Å². The second-order valence-electron chi connectivity index (χ2n) is 8.31. The van der Waals surface area contributed by atoms with Gasteiger partial charge < -0.3 is 9.09 Å². The average molecular weight is 492 g/mol. The van der Waals surface area contributed by atoms with E-state index in [1.165, 1.54) is 30.8 Å². The summed E-state index contributed by atoms with van der Waals surface area (Å²) in [5.41, 5.74) is -0.476. The molecule has 0 N–H and O–H groups in total. The van der Waals surface area contributed by atoms with Crippen LogP contribution in [-0.4, -0.2) is 43.8 Å². The first-order valence-electron chi connectivity index (χ1n) is 10.5. The molecule has 13 heteroatoms. The fourth-order valence-electron chi connectivity index (χ4n) is 3.74. The number of aromatic nitrogens is 6. The van der Waals surface area contributed by atoms with Crippen molar-refractivity contribution in [2.75, 3.05) is 5.75 Å². The van der Waals surface area contributed by atoms with Gasteiger partial charge in [-0.2, -0.15) is 18.2 Å². The van der Waals surface area contributed by atoms with E-state index in [0.717, 1.165) is 12.5 Å². The molecule has 34 heavy (non-hydrogen) atoms. The van der Waals surface area contributed by atoms with Crippen molar-refractivity contribution in [2.45, 2.75) is 37.3 Å². The van der Waals surface area contributed by atoms with Crippen molar-refractivity contribution in [3.8, 4) is 22.9 Å². The van der Waals surface area contributed by atoms with Gasteiger partial charge in [0.1, 0.15) is 11.2 Å². The highest BCUT2D eigenvalue weighted by molar-refractivity contribution is 7.91. The van der Waals surface area contributed by atoms with Crippen molar-refractivity contribution >= 4 is 21.0 Å². The Hall–Kier alpha value is -3.35. The smallest absolute Gasteiger partial charge is 0.339 e. The van der Waals surface area contributed by atoms with Crippen LogP contribution in [0.5, 0.6) is 0 Å². The monoisotopic (exact) mass is 492 g/mol. The Morgan fingerprint density at radius 1 is 1.18 bits per heavy atom. The van der Waals surface area contributed by atoms with Crippen LogP contribution < -0.4 is 0 Å². The molecule has 0 amide bonds. The minimum atomic E-state index is -4.59. The highest BCUT2D eigenvalue weighted by atomic mass is 32.2. The maximum atomic E-state index is 13.1. The molecule has 178 valence electrons. The lowest BCUT2D eigenvalue weighted by atomic mass is 10.2. The third-order valence-electron chi connectivity index (χ3n) is 5.94. The Morgan fingerprint density at radius 2 is 1.91 bits per heavy atom. The number of hydrogen-bond donors (Lipinski definition) is 0. The Kier molecular flexibility index (Phi) is 5.01. The Balaban J connectivity index is 1.65.